The number of ether oxygens (including phenoxy) is 1. The van der Waals surface area contributed by atoms with Gasteiger partial charge in [-0.1, -0.05) is 24.3 Å². The highest BCUT2D eigenvalue weighted by atomic mass is 16.5. The summed E-state index contributed by atoms with van der Waals surface area (Å²) in [7, 11) is 0. The fourth-order valence-electron chi connectivity index (χ4n) is 3.12. The number of hydrogen-bond donors (Lipinski definition) is 0. The minimum absolute atomic E-state index is 0.0303. The first-order chi connectivity index (χ1) is 11.7. The summed E-state index contributed by atoms with van der Waals surface area (Å²) in [6.07, 6.45) is 4.59. The molecule has 5 heteroatoms. The topological polar surface area (TPSA) is 46.8 Å². The number of carbonyl (C=O) groups excluding carboxylic acids is 1. The third kappa shape index (κ3) is 2.73. The fourth-order valence-corrected chi connectivity index (χ4v) is 3.12. The monoisotopic (exact) mass is 321 g/mol. The van der Waals surface area contributed by atoms with Crippen LogP contribution in [0.3, 0.4) is 0 Å². The number of aryl methyl sites for hydroxylation is 1. The summed E-state index contributed by atoms with van der Waals surface area (Å²) >= 11 is 0. The average molecular weight is 321 g/mol. The molecule has 122 valence electrons. The molecule has 5 nitrogen and oxygen atoms in total. The van der Waals surface area contributed by atoms with Crippen LogP contribution >= 0.6 is 0 Å². The van der Waals surface area contributed by atoms with Crippen LogP contribution in [0.25, 0.3) is 5.65 Å². The largest absolute Gasteiger partial charge is 0.489 e. The number of likely N-dealkylation sites (tertiary alicyclic amines) is 1. The van der Waals surface area contributed by atoms with Gasteiger partial charge in [0.25, 0.3) is 5.91 Å². The van der Waals surface area contributed by atoms with Crippen LogP contribution in [0.2, 0.25) is 0 Å². The summed E-state index contributed by atoms with van der Waals surface area (Å²) < 4.78 is 7.85. The van der Waals surface area contributed by atoms with E-state index in [4.69, 9.17) is 4.74 Å². The summed E-state index contributed by atoms with van der Waals surface area (Å²) in [5.74, 6) is 0.817. The number of carbonyl (C=O) groups is 1. The predicted molar refractivity (Wildman–Crippen MR) is 91.3 cm³/mol. The average Bonchev–Trinajstić information content (AvgIpc) is 3.23. The predicted octanol–water partition coefficient (Wildman–Crippen LogP) is 2.94. The van der Waals surface area contributed by atoms with Crippen molar-refractivity contribution >= 4 is 11.6 Å². The third-order valence-electron chi connectivity index (χ3n) is 4.38. The number of pyridine rings is 1. The summed E-state index contributed by atoms with van der Waals surface area (Å²) in [6.45, 7) is 3.29. The number of nitrogens with zero attached hydrogens (tertiary/aromatic N) is 3. The Kier molecular flexibility index (Phi) is 3.69. The van der Waals surface area contributed by atoms with Crippen molar-refractivity contribution in [3.05, 3.63) is 66.1 Å². The van der Waals surface area contributed by atoms with E-state index in [1.54, 1.807) is 6.20 Å². The van der Waals surface area contributed by atoms with Gasteiger partial charge in [0.2, 0.25) is 0 Å². The molecule has 2 aromatic heterocycles. The lowest BCUT2D eigenvalue weighted by Gasteiger charge is -2.16. The van der Waals surface area contributed by atoms with Gasteiger partial charge < -0.3 is 14.0 Å². The molecule has 1 aliphatic rings. The molecule has 3 heterocycles. The standard InChI is InChI=1S/C19H19N3O2/c1-14-6-5-10-21-13-17(20-18(14)21)19(23)22-11-9-16(12-22)24-15-7-3-2-4-8-15/h2-8,10,13,16H,9,11-12H2,1H3. The highest BCUT2D eigenvalue weighted by Crippen LogP contribution is 2.20. The molecule has 1 aromatic carbocycles. The zero-order valence-corrected chi connectivity index (χ0v) is 13.6. The lowest BCUT2D eigenvalue weighted by atomic mass is 10.3. The van der Waals surface area contributed by atoms with Crippen molar-refractivity contribution in [3.63, 3.8) is 0 Å². The molecule has 3 aromatic rings. The summed E-state index contributed by atoms with van der Waals surface area (Å²) in [6, 6.07) is 13.7. The molecule has 4 rings (SSSR count). The van der Waals surface area contributed by atoms with Crippen molar-refractivity contribution in [2.75, 3.05) is 13.1 Å². The van der Waals surface area contributed by atoms with E-state index in [0.29, 0.717) is 18.8 Å². The lowest BCUT2D eigenvalue weighted by Crippen LogP contribution is -2.31. The van der Waals surface area contributed by atoms with Crippen LogP contribution < -0.4 is 4.74 Å². The van der Waals surface area contributed by atoms with E-state index in [1.165, 1.54) is 0 Å². The molecular formula is C19H19N3O2. The van der Waals surface area contributed by atoms with Crippen LogP contribution in [0.15, 0.2) is 54.9 Å². The number of para-hydroxylation sites is 1. The molecule has 0 N–H and O–H groups in total. The van der Waals surface area contributed by atoms with Crippen LogP contribution in [-0.2, 0) is 0 Å². The maximum atomic E-state index is 12.7. The maximum Gasteiger partial charge on any atom is 0.274 e. The SMILES string of the molecule is Cc1cccn2cc(C(=O)N3CCC(Oc4ccccc4)C3)nc12. The summed E-state index contributed by atoms with van der Waals surface area (Å²) in [4.78, 5) is 19.0. The highest BCUT2D eigenvalue weighted by Gasteiger charge is 2.29. The van der Waals surface area contributed by atoms with E-state index in [0.717, 1.165) is 23.4 Å². The minimum atomic E-state index is -0.0303. The first kappa shape index (κ1) is 14.8. The smallest absolute Gasteiger partial charge is 0.274 e. The Hall–Kier alpha value is -2.82. The van der Waals surface area contributed by atoms with Gasteiger partial charge in [0, 0.05) is 25.4 Å². The number of fused-ring (bicyclic) bond motifs is 1. The van der Waals surface area contributed by atoms with Crippen molar-refractivity contribution in [3.8, 4) is 5.75 Å². The van der Waals surface area contributed by atoms with Gasteiger partial charge in [-0.15, -0.1) is 0 Å². The van der Waals surface area contributed by atoms with Crippen LogP contribution in [0.1, 0.15) is 22.5 Å². The fraction of sp³-hybridized carbons (Fsp3) is 0.263. The zero-order valence-electron chi connectivity index (χ0n) is 13.6. The number of amides is 1. The van der Waals surface area contributed by atoms with Gasteiger partial charge in [0.15, 0.2) is 0 Å². The zero-order chi connectivity index (χ0) is 16.5. The Morgan fingerprint density at radius 1 is 1.21 bits per heavy atom. The van der Waals surface area contributed by atoms with Gasteiger partial charge in [-0.2, -0.15) is 0 Å². The molecular weight excluding hydrogens is 302 g/mol. The molecule has 1 saturated heterocycles. The maximum absolute atomic E-state index is 12.7. The Morgan fingerprint density at radius 3 is 2.83 bits per heavy atom. The van der Waals surface area contributed by atoms with Crippen LogP contribution in [0, 0.1) is 6.92 Å². The van der Waals surface area contributed by atoms with Crippen molar-refractivity contribution in [1.82, 2.24) is 14.3 Å². The van der Waals surface area contributed by atoms with Gasteiger partial charge in [-0.3, -0.25) is 4.79 Å². The Balaban J connectivity index is 1.48. The third-order valence-corrected chi connectivity index (χ3v) is 4.38. The minimum Gasteiger partial charge on any atom is -0.489 e. The second kappa shape index (κ2) is 6.00. The number of benzene rings is 1. The van der Waals surface area contributed by atoms with E-state index in [9.17, 15) is 4.79 Å². The van der Waals surface area contributed by atoms with Crippen molar-refractivity contribution < 1.29 is 9.53 Å². The van der Waals surface area contributed by atoms with E-state index < -0.39 is 0 Å². The summed E-state index contributed by atoms with van der Waals surface area (Å²) in [5.41, 5.74) is 2.38. The Morgan fingerprint density at radius 2 is 2.04 bits per heavy atom. The highest BCUT2D eigenvalue weighted by molar-refractivity contribution is 5.93. The number of rotatable bonds is 3. The molecule has 0 aliphatic carbocycles. The van der Waals surface area contributed by atoms with Crippen LogP contribution in [0.4, 0.5) is 0 Å². The van der Waals surface area contributed by atoms with Crippen molar-refractivity contribution in [2.24, 2.45) is 0 Å². The van der Waals surface area contributed by atoms with Crippen molar-refractivity contribution in [1.29, 1.82) is 0 Å². The second-order valence-corrected chi connectivity index (χ2v) is 6.14. The molecule has 1 unspecified atom stereocenters. The van der Waals surface area contributed by atoms with E-state index >= 15 is 0 Å². The summed E-state index contributed by atoms with van der Waals surface area (Å²) in [5, 5.41) is 0. The molecule has 0 bridgehead atoms. The van der Waals surface area contributed by atoms with Crippen LogP contribution in [0.5, 0.6) is 5.75 Å². The Bertz CT molecular complexity index is 873. The van der Waals surface area contributed by atoms with Gasteiger partial charge in [0.05, 0.1) is 6.54 Å². The first-order valence-electron chi connectivity index (χ1n) is 8.16. The quantitative estimate of drug-likeness (QED) is 0.745. The van der Waals surface area contributed by atoms with Gasteiger partial charge in [-0.25, -0.2) is 4.98 Å². The lowest BCUT2D eigenvalue weighted by molar-refractivity contribution is 0.0767. The molecule has 1 amide bonds. The van der Waals surface area contributed by atoms with Gasteiger partial charge in [0.1, 0.15) is 23.2 Å². The van der Waals surface area contributed by atoms with E-state index in [2.05, 4.69) is 4.98 Å². The molecule has 0 saturated carbocycles. The molecule has 0 spiro atoms. The Labute approximate surface area is 140 Å². The van der Waals surface area contributed by atoms with E-state index in [1.807, 2.05) is 64.9 Å². The molecule has 1 fully saturated rings. The molecule has 1 atom stereocenters. The number of imidazole rings is 1. The van der Waals surface area contributed by atoms with E-state index in [-0.39, 0.29) is 12.0 Å². The number of aromatic nitrogens is 2. The van der Waals surface area contributed by atoms with Gasteiger partial charge in [-0.05, 0) is 30.7 Å². The number of hydrogen-bond acceptors (Lipinski definition) is 3. The second-order valence-electron chi connectivity index (χ2n) is 6.14. The normalized spacial score (nSPS) is 17.4. The molecule has 0 radical (unpaired) electrons. The first-order valence-corrected chi connectivity index (χ1v) is 8.16. The van der Waals surface area contributed by atoms with Gasteiger partial charge >= 0.3 is 0 Å². The van der Waals surface area contributed by atoms with Crippen molar-refractivity contribution in [2.45, 2.75) is 19.4 Å². The molecule has 24 heavy (non-hydrogen) atoms. The van der Waals surface area contributed by atoms with Crippen LogP contribution in [-0.4, -0.2) is 39.4 Å². The molecule has 1 aliphatic heterocycles.